The first-order chi connectivity index (χ1) is 12.5. The summed E-state index contributed by atoms with van der Waals surface area (Å²) in [7, 11) is 1.35. The molecule has 1 atom stereocenters. The molecule has 0 amide bonds. The first-order valence-electron chi connectivity index (χ1n) is 8.00. The summed E-state index contributed by atoms with van der Waals surface area (Å²) in [4.78, 5) is 30.3. The SMILES string of the molecule is C=CCn1c(SC(C)C(=O)OC)nc2cc(-c3ccccc3)sc2c1=O. The molecule has 1 unspecified atom stereocenters. The van der Waals surface area contributed by atoms with Gasteiger partial charge in [-0.25, -0.2) is 4.98 Å². The fraction of sp³-hybridized carbons (Fsp3) is 0.211. The maximum Gasteiger partial charge on any atom is 0.318 e. The maximum atomic E-state index is 13.0. The third-order valence-electron chi connectivity index (χ3n) is 3.78. The number of methoxy groups -OCH3 is 1. The molecule has 0 aliphatic heterocycles. The van der Waals surface area contributed by atoms with Gasteiger partial charge in [0.15, 0.2) is 5.16 Å². The minimum atomic E-state index is -0.465. The highest BCUT2D eigenvalue weighted by molar-refractivity contribution is 8.00. The smallest absolute Gasteiger partial charge is 0.318 e. The lowest BCUT2D eigenvalue weighted by atomic mass is 10.2. The van der Waals surface area contributed by atoms with Crippen molar-refractivity contribution in [1.82, 2.24) is 9.55 Å². The molecular formula is C19H18N2O3S2. The molecule has 0 spiro atoms. The molecule has 0 saturated carbocycles. The number of nitrogens with zero attached hydrogens (tertiary/aromatic N) is 2. The van der Waals surface area contributed by atoms with Crippen LogP contribution in [0.5, 0.6) is 0 Å². The molecule has 26 heavy (non-hydrogen) atoms. The van der Waals surface area contributed by atoms with Crippen LogP contribution in [0.1, 0.15) is 6.92 Å². The van der Waals surface area contributed by atoms with E-state index >= 15 is 0 Å². The van der Waals surface area contributed by atoms with E-state index in [-0.39, 0.29) is 11.5 Å². The van der Waals surface area contributed by atoms with Gasteiger partial charge < -0.3 is 4.74 Å². The summed E-state index contributed by atoms with van der Waals surface area (Å²) in [6.45, 7) is 5.78. The number of aromatic nitrogens is 2. The zero-order chi connectivity index (χ0) is 18.7. The van der Waals surface area contributed by atoms with Gasteiger partial charge in [0.1, 0.15) is 9.95 Å². The van der Waals surface area contributed by atoms with E-state index in [1.54, 1.807) is 17.6 Å². The fourth-order valence-electron chi connectivity index (χ4n) is 2.49. The molecule has 134 valence electrons. The minimum absolute atomic E-state index is 0.123. The molecular weight excluding hydrogens is 368 g/mol. The van der Waals surface area contributed by atoms with Crippen molar-refractivity contribution in [2.24, 2.45) is 0 Å². The van der Waals surface area contributed by atoms with Crippen molar-refractivity contribution in [2.75, 3.05) is 7.11 Å². The number of esters is 1. The van der Waals surface area contributed by atoms with Gasteiger partial charge in [0.05, 0.1) is 12.6 Å². The van der Waals surface area contributed by atoms with Crippen molar-refractivity contribution < 1.29 is 9.53 Å². The summed E-state index contributed by atoms with van der Waals surface area (Å²) in [5, 5.41) is 0.0188. The molecule has 0 saturated heterocycles. The van der Waals surface area contributed by atoms with Crippen LogP contribution in [0.4, 0.5) is 0 Å². The monoisotopic (exact) mass is 386 g/mol. The number of carbonyl (C=O) groups excluding carboxylic acids is 1. The summed E-state index contributed by atoms with van der Waals surface area (Å²) >= 11 is 2.64. The summed E-state index contributed by atoms with van der Waals surface area (Å²) in [5.41, 5.74) is 1.56. The van der Waals surface area contributed by atoms with E-state index in [1.807, 2.05) is 36.4 Å². The summed E-state index contributed by atoms with van der Waals surface area (Å²) in [5.74, 6) is -0.357. The summed E-state index contributed by atoms with van der Waals surface area (Å²) in [6, 6.07) is 11.8. The zero-order valence-corrected chi connectivity index (χ0v) is 16.1. The number of rotatable bonds is 6. The Labute approximate surface area is 159 Å². The van der Waals surface area contributed by atoms with Crippen LogP contribution >= 0.6 is 23.1 Å². The van der Waals surface area contributed by atoms with Crippen LogP contribution in [0.25, 0.3) is 20.7 Å². The maximum absolute atomic E-state index is 13.0. The van der Waals surface area contributed by atoms with E-state index in [0.717, 1.165) is 10.4 Å². The predicted molar refractivity (Wildman–Crippen MR) is 107 cm³/mol. The minimum Gasteiger partial charge on any atom is -0.468 e. The number of hydrogen-bond acceptors (Lipinski definition) is 6. The van der Waals surface area contributed by atoms with Gasteiger partial charge in [-0.05, 0) is 18.6 Å². The topological polar surface area (TPSA) is 61.2 Å². The van der Waals surface area contributed by atoms with Gasteiger partial charge in [0, 0.05) is 11.4 Å². The van der Waals surface area contributed by atoms with E-state index < -0.39 is 5.25 Å². The van der Waals surface area contributed by atoms with E-state index in [1.165, 1.54) is 30.2 Å². The third-order valence-corrected chi connectivity index (χ3v) is 6.01. The van der Waals surface area contributed by atoms with Crippen LogP contribution in [0.2, 0.25) is 0 Å². The number of benzene rings is 1. The first-order valence-corrected chi connectivity index (χ1v) is 9.70. The van der Waals surface area contributed by atoms with Gasteiger partial charge in [0.2, 0.25) is 0 Å². The molecule has 3 aromatic rings. The van der Waals surface area contributed by atoms with Crippen LogP contribution in [-0.4, -0.2) is 27.9 Å². The molecule has 0 bridgehead atoms. The second kappa shape index (κ2) is 7.88. The second-order valence-electron chi connectivity index (χ2n) is 5.57. The highest BCUT2D eigenvalue weighted by Crippen LogP contribution is 2.32. The Morgan fingerprint density at radius 2 is 2.15 bits per heavy atom. The van der Waals surface area contributed by atoms with Gasteiger partial charge >= 0.3 is 5.97 Å². The molecule has 7 heteroatoms. The van der Waals surface area contributed by atoms with Crippen molar-refractivity contribution >= 4 is 39.3 Å². The number of fused-ring (bicyclic) bond motifs is 1. The number of hydrogen-bond donors (Lipinski definition) is 0. The van der Waals surface area contributed by atoms with Crippen molar-refractivity contribution in [3.8, 4) is 10.4 Å². The predicted octanol–water partition coefficient (Wildman–Crippen LogP) is 3.96. The van der Waals surface area contributed by atoms with Crippen LogP contribution in [0.15, 0.2) is 59.0 Å². The highest BCUT2D eigenvalue weighted by atomic mass is 32.2. The van der Waals surface area contributed by atoms with E-state index in [4.69, 9.17) is 4.74 Å². The van der Waals surface area contributed by atoms with Gasteiger partial charge in [0.25, 0.3) is 5.56 Å². The normalized spacial score (nSPS) is 12.1. The summed E-state index contributed by atoms with van der Waals surface area (Å²) in [6.07, 6.45) is 1.65. The van der Waals surface area contributed by atoms with Crippen molar-refractivity contribution in [2.45, 2.75) is 23.9 Å². The Kier molecular flexibility index (Phi) is 5.58. The number of thiophene rings is 1. The molecule has 2 aromatic heterocycles. The Balaban J connectivity index is 2.12. The Bertz CT molecular complexity index is 1010. The number of thioether (sulfide) groups is 1. The van der Waals surface area contributed by atoms with Crippen molar-refractivity contribution in [1.29, 1.82) is 0 Å². The van der Waals surface area contributed by atoms with E-state index in [9.17, 15) is 9.59 Å². The largest absolute Gasteiger partial charge is 0.468 e. The Hall–Kier alpha value is -2.38. The average molecular weight is 386 g/mol. The molecule has 0 radical (unpaired) electrons. The molecule has 2 heterocycles. The standard InChI is InChI=1S/C19H18N2O3S2/c1-4-10-21-17(22)16-14(20-19(21)25-12(2)18(23)24-3)11-15(26-16)13-8-6-5-7-9-13/h4-9,11-12H,1,10H2,2-3H3. The molecule has 3 rings (SSSR count). The fourth-order valence-corrected chi connectivity index (χ4v) is 4.48. The van der Waals surface area contributed by atoms with Gasteiger partial charge in [-0.1, -0.05) is 48.2 Å². The van der Waals surface area contributed by atoms with Crippen LogP contribution in [-0.2, 0) is 16.1 Å². The van der Waals surface area contributed by atoms with Crippen LogP contribution < -0.4 is 5.56 Å². The summed E-state index contributed by atoms with van der Waals surface area (Å²) < 4.78 is 6.91. The lowest BCUT2D eigenvalue weighted by molar-refractivity contribution is -0.139. The van der Waals surface area contributed by atoms with Crippen molar-refractivity contribution in [3.05, 3.63) is 59.4 Å². The van der Waals surface area contributed by atoms with E-state index in [0.29, 0.717) is 21.9 Å². The van der Waals surface area contributed by atoms with Gasteiger partial charge in [-0.3, -0.25) is 14.2 Å². The van der Waals surface area contributed by atoms with Crippen LogP contribution in [0.3, 0.4) is 0 Å². The lowest BCUT2D eigenvalue weighted by Crippen LogP contribution is -2.24. The number of ether oxygens (including phenoxy) is 1. The number of carbonyl (C=O) groups is 1. The lowest BCUT2D eigenvalue weighted by Gasteiger charge is -2.13. The average Bonchev–Trinajstić information content (AvgIpc) is 3.09. The van der Waals surface area contributed by atoms with Gasteiger partial charge in [-0.15, -0.1) is 17.9 Å². The molecule has 0 aliphatic rings. The van der Waals surface area contributed by atoms with E-state index in [2.05, 4.69) is 11.6 Å². The molecule has 0 fully saturated rings. The molecule has 0 aliphatic carbocycles. The first kappa shape index (κ1) is 18.4. The molecule has 1 aromatic carbocycles. The number of allylic oxidation sites excluding steroid dienone is 1. The zero-order valence-electron chi connectivity index (χ0n) is 14.5. The molecule has 5 nitrogen and oxygen atoms in total. The van der Waals surface area contributed by atoms with Crippen LogP contribution in [0, 0.1) is 0 Å². The quantitative estimate of drug-likeness (QED) is 0.278. The Morgan fingerprint density at radius 3 is 2.81 bits per heavy atom. The Morgan fingerprint density at radius 1 is 1.42 bits per heavy atom. The second-order valence-corrected chi connectivity index (χ2v) is 7.93. The molecule has 0 N–H and O–H groups in total. The third kappa shape index (κ3) is 3.59. The highest BCUT2D eigenvalue weighted by Gasteiger charge is 2.20. The van der Waals surface area contributed by atoms with Crippen molar-refractivity contribution in [3.63, 3.8) is 0 Å². The van der Waals surface area contributed by atoms with Gasteiger partial charge in [-0.2, -0.15) is 0 Å².